The number of hydrogen-bond donors (Lipinski definition) is 3. The Kier molecular flexibility index (Phi) is 6.15. The summed E-state index contributed by atoms with van der Waals surface area (Å²) in [6, 6.07) is -1.88. The van der Waals surface area contributed by atoms with Crippen LogP contribution in [-0.4, -0.2) is 44.9 Å². The van der Waals surface area contributed by atoms with E-state index in [9.17, 15) is 22.7 Å². The molecule has 1 aliphatic rings. The van der Waals surface area contributed by atoms with Gasteiger partial charge in [-0.1, -0.05) is 6.92 Å². The van der Waals surface area contributed by atoms with Crippen molar-refractivity contribution in [2.24, 2.45) is 0 Å². The summed E-state index contributed by atoms with van der Waals surface area (Å²) in [5.41, 5.74) is 0.100. The first-order chi connectivity index (χ1) is 11.7. The summed E-state index contributed by atoms with van der Waals surface area (Å²) >= 11 is 0. The van der Waals surface area contributed by atoms with Crippen molar-refractivity contribution in [3.05, 3.63) is 11.7 Å². The highest BCUT2D eigenvalue weighted by atomic mass is 19.4. The third-order valence-electron chi connectivity index (χ3n) is 3.76. The summed E-state index contributed by atoms with van der Waals surface area (Å²) in [6.07, 6.45) is -3.84. The molecule has 0 aromatic carbocycles. The Bertz CT molecular complexity index is 635. The summed E-state index contributed by atoms with van der Waals surface area (Å²) < 4.78 is 52.5. The number of aliphatic hydroxyl groups excluding tert-OH is 1. The fourth-order valence-corrected chi connectivity index (χ4v) is 2.30. The molecular weight excluding hydrogens is 342 g/mol. The van der Waals surface area contributed by atoms with Gasteiger partial charge in [-0.25, -0.2) is 4.39 Å². The van der Waals surface area contributed by atoms with Crippen molar-refractivity contribution < 1.29 is 22.7 Å². The van der Waals surface area contributed by atoms with Gasteiger partial charge in [0.2, 0.25) is 11.9 Å². The lowest BCUT2D eigenvalue weighted by Crippen LogP contribution is -2.34. The van der Waals surface area contributed by atoms with E-state index in [4.69, 9.17) is 0 Å². The number of rotatable bonds is 6. The maximum Gasteiger partial charge on any atom is 0.408 e. The zero-order chi connectivity index (χ0) is 18.6. The molecule has 25 heavy (non-hydrogen) atoms. The van der Waals surface area contributed by atoms with Gasteiger partial charge in [0.25, 0.3) is 0 Å². The average molecular weight is 363 g/mol. The van der Waals surface area contributed by atoms with Gasteiger partial charge in [-0.3, -0.25) is 0 Å². The molecule has 0 aliphatic heterocycles. The van der Waals surface area contributed by atoms with Gasteiger partial charge in [-0.2, -0.15) is 28.1 Å². The normalized spacial score (nSPS) is 19.7. The van der Waals surface area contributed by atoms with Crippen molar-refractivity contribution in [2.75, 3.05) is 17.2 Å². The fourth-order valence-electron chi connectivity index (χ4n) is 2.30. The van der Waals surface area contributed by atoms with Crippen LogP contribution in [0.2, 0.25) is 0 Å². The first kappa shape index (κ1) is 19.4. The predicted molar refractivity (Wildman–Crippen MR) is 85.6 cm³/mol. The van der Waals surface area contributed by atoms with Crippen molar-refractivity contribution >= 4 is 17.5 Å². The van der Waals surface area contributed by atoms with E-state index in [0.717, 1.165) is 13.3 Å². The molecule has 1 aliphatic carbocycles. The Hall–Kier alpha value is -1.97. The van der Waals surface area contributed by atoms with E-state index in [1.54, 1.807) is 0 Å². The molecule has 140 valence electrons. The van der Waals surface area contributed by atoms with Crippen molar-refractivity contribution in [2.45, 2.75) is 57.9 Å². The summed E-state index contributed by atoms with van der Waals surface area (Å²) in [6.45, 7) is 3.34. The Morgan fingerprint density at radius 1 is 1.24 bits per heavy atom. The molecule has 0 spiro atoms. The predicted octanol–water partition coefficient (Wildman–Crippen LogP) is 3.28. The van der Waals surface area contributed by atoms with Gasteiger partial charge in [-0.05, 0) is 32.6 Å². The van der Waals surface area contributed by atoms with Gasteiger partial charge in [0.1, 0.15) is 18.0 Å². The van der Waals surface area contributed by atoms with Crippen LogP contribution in [0.5, 0.6) is 0 Å². The minimum atomic E-state index is -4.48. The molecule has 3 N–H and O–H groups in total. The number of aliphatic hydroxyl groups is 1. The van der Waals surface area contributed by atoms with Crippen LogP contribution in [-0.2, 0) is 0 Å². The largest absolute Gasteiger partial charge is 0.408 e. The highest BCUT2D eigenvalue weighted by Gasteiger charge is 2.36. The third-order valence-corrected chi connectivity index (χ3v) is 3.76. The molecule has 1 aromatic heterocycles. The second-order valence-corrected chi connectivity index (χ2v) is 5.88. The zero-order valence-corrected chi connectivity index (χ0v) is 14.0. The van der Waals surface area contributed by atoms with Gasteiger partial charge < -0.3 is 15.7 Å². The molecule has 6 nitrogen and oxygen atoms in total. The molecule has 2 rings (SSSR count). The van der Waals surface area contributed by atoms with Crippen LogP contribution in [0.3, 0.4) is 0 Å². The van der Waals surface area contributed by atoms with Crippen molar-refractivity contribution in [3.63, 3.8) is 0 Å². The van der Waals surface area contributed by atoms with Crippen molar-refractivity contribution in [1.29, 1.82) is 0 Å². The van der Waals surface area contributed by atoms with Gasteiger partial charge in [0, 0.05) is 12.1 Å². The van der Waals surface area contributed by atoms with Gasteiger partial charge >= 0.3 is 6.18 Å². The number of nitrogens with one attached hydrogen (secondary N) is 2. The lowest BCUT2D eigenvalue weighted by atomic mass is 9.96. The standard InChI is InChI=1S/C15H21F4N5O/c1-3-7-20-13-22-12(9-5-4-6-10(25)11(9)16)23-14(24-13)21-8(2)15(17,18)19/h8,10,25H,3-7H2,1-2H3,(H2,20,21,22,23,24). The topological polar surface area (TPSA) is 83.0 Å². The molecular formula is C15H21F4N5O. The van der Waals surface area contributed by atoms with Gasteiger partial charge in [0.05, 0.1) is 0 Å². The highest BCUT2D eigenvalue weighted by molar-refractivity contribution is 5.65. The summed E-state index contributed by atoms with van der Waals surface area (Å²) in [5.74, 6) is -1.05. The number of halogens is 4. The molecule has 0 saturated heterocycles. The van der Waals surface area contributed by atoms with Crippen LogP contribution in [0.25, 0.3) is 5.57 Å². The van der Waals surface area contributed by atoms with Crippen LogP contribution in [0.15, 0.2) is 5.83 Å². The number of anilines is 2. The van der Waals surface area contributed by atoms with Crippen LogP contribution < -0.4 is 10.6 Å². The first-order valence-corrected chi connectivity index (χ1v) is 8.12. The summed E-state index contributed by atoms with van der Waals surface area (Å²) in [5, 5.41) is 14.7. The molecule has 0 saturated carbocycles. The third kappa shape index (κ3) is 5.00. The lowest BCUT2D eigenvalue weighted by Gasteiger charge is -2.21. The van der Waals surface area contributed by atoms with E-state index in [2.05, 4.69) is 25.6 Å². The average Bonchev–Trinajstić information content (AvgIpc) is 2.54. The molecule has 2 unspecified atom stereocenters. The number of hydrogen-bond acceptors (Lipinski definition) is 6. The Morgan fingerprint density at radius 3 is 2.56 bits per heavy atom. The molecule has 0 bridgehead atoms. The number of aromatic nitrogens is 3. The smallest absolute Gasteiger partial charge is 0.386 e. The monoisotopic (exact) mass is 363 g/mol. The minimum Gasteiger partial charge on any atom is -0.386 e. The molecule has 0 radical (unpaired) electrons. The van der Waals surface area contributed by atoms with Gasteiger partial charge in [0.15, 0.2) is 5.82 Å². The number of nitrogens with zero attached hydrogens (tertiary/aromatic N) is 3. The SMILES string of the molecule is CCCNc1nc(NC(C)C(F)(F)F)nc(C2=C(F)C(O)CCC2)n1. The quantitative estimate of drug-likeness (QED) is 0.673. The lowest BCUT2D eigenvalue weighted by molar-refractivity contribution is -0.138. The number of allylic oxidation sites excluding steroid dienone is 1. The Balaban J connectivity index is 2.38. The highest BCUT2D eigenvalue weighted by Crippen LogP contribution is 2.32. The van der Waals surface area contributed by atoms with Crippen LogP contribution in [0.1, 0.15) is 45.4 Å². The van der Waals surface area contributed by atoms with Crippen LogP contribution >= 0.6 is 0 Å². The van der Waals surface area contributed by atoms with Crippen molar-refractivity contribution in [3.8, 4) is 0 Å². The second-order valence-electron chi connectivity index (χ2n) is 5.88. The molecule has 0 fully saturated rings. The van der Waals surface area contributed by atoms with Crippen LogP contribution in [0.4, 0.5) is 29.5 Å². The fraction of sp³-hybridized carbons (Fsp3) is 0.667. The molecule has 1 aromatic rings. The van der Waals surface area contributed by atoms with E-state index in [1.807, 2.05) is 6.92 Å². The molecule has 2 atom stereocenters. The van der Waals surface area contributed by atoms with E-state index in [-0.39, 0.29) is 29.7 Å². The van der Waals surface area contributed by atoms with Crippen LogP contribution in [0, 0.1) is 0 Å². The maximum absolute atomic E-state index is 14.2. The van der Waals surface area contributed by atoms with Gasteiger partial charge in [-0.15, -0.1) is 0 Å². The molecule has 10 heteroatoms. The molecule has 0 amide bonds. The Labute approximate surface area is 142 Å². The van der Waals surface area contributed by atoms with E-state index >= 15 is 0 Å². The van der Waals surface area contributed by atoms with Crippen molar-refractivity contribution in [1.82, 2.24) is 15.0 Å². The van der Waals surface area contributed by atoms with E-state index < -0.39 is 24.1 Å². The number of alkyl halides is 3. The van der Waals surface area contributed by atoms with E-state index in [1.165, 1.54) is 0 Å². The summed E-state index contributed by atoms with van der Waals surface area (Å²) in [4.78, 5) is 11.9. The van der Waals surface area contributed by atoms with E-state index in [0.29, 0.717) is 19.4 Å². The minimum absolute atomic E-state index is 0.0593. The molecule has 1 heterocycles. The summed E-state index contributed by atoms with van der Waals surface area (Å²) in [7, 11) is 0. The maximum atomic E-state index is 14.2. The Morgan fingerprint density at radius 2 is 1.92 bits per heavy atom. The zero-order valence-electron chi connectivity index (χ0n) is 14.0. The first-order valence-electron chi connectivity index (χ1n) is 8.12. The second kappa shape index (κ2) is 7.94.